The fraction of sp³-hybridized carbons (Fsp3) is 0.0714. The summed E-state index contributed by atoms with van der Waals surface area (Å²) < 4.78 is 43.8. The number of hydrogen-bond acceptors (Lipinski definition) is 3. The van der Waals surface area contributed by atoms with Crippen molar-refractivity contribution in [2.24, 2.45) is 0 Å². The number of anilines is 1. The lowest BCUT2D eigenvalue weighted by Gasteiger charge is -2.12. The van der Waals surface area contributed by atoms with Crippen molar-refractivity contribution in [1.82, 2.24) is 0 Å². The van der Waals surface area contributed by atoms with Crippen molar-refractivity contribution in [2.45, 2.75) is 6.18 Å². The standard InChI is InChI=1S/C14H8ClF3N2O/c15-12-5-9(20)2-4-13(12)21-10-3-1-8(7-19)11(6-10)14(16,17)18/h1-6H,20H2. The number of nitrogens with two attached hydrogens (primary N) is 1. The monoisotopic (exact) mass is 312 g/mol. The molecule has 2 rings (SSSR count). The molecule has 2 aromatic carbocycles. The molecular formula is C14H8ClF3N2O. The molecule has 0 amide bonds. The van der Waals surface area contributed by atoms with Crippen molar-refractivity contribution in [2.75, 3.05) is 5.73 Å². The number of ether oxygens (including phenoxy) is 1. The van der Waals surface area contributed by atoms with Gasteiger partial charge in [0.25, 0.3) is 0 Å². The van der Waals surface area contributed by atoms with Crippen molar-refractivity contribution in [3.63, 3.8) is 0 Å². The van der Waals surface area contributed by atoms with E-state index in [9.17, 15) is 13.2 Å². The Hall–Kier alpha value is -2.39. The van der Waals surface area contributed by atoms with Crippen LogP contribution >= 0.6 is 11.6 Å². The van der Waals surface area contributed by atoms with Gasteiger partial charge in [0.1, 0.15) is 11.5 Å². The second-order valence-electron chi connectivity index (χ2n) is 4.11. The number of halogens is 4. The normalized spacial score (nSPS) is 11.0. The molecule has 0 aliphatic heterocycles. The Morgan fingerprint density at radius 2 is 1.86 bits per heavy atom. The summed E-state index contributed by atoms with van der Waals surface area (Å²) in [6, 6.07) is 8.94. The maximum absolute atomic E-state index is 12.8. The lowest BCUT2D eigenvalue weighted by molar-refractivity contribution is -0.137. The molecule has 0 aromatic heterocycles. The Morgan fingerprint density at radius 3 is 2.43 bits per heavy atom. The number of nitrogen functional groups attached to an aromatic ring is 1. The SMILES string of the molecule is N#Cc1ccc(Oc2ccc(N)cc2Cl)cc1C(F)(F)F. The second-order valence-corrected chi connectivity index (χ2v) is 4.52. The molecule has 0 unspecified atom stereocenters. The minimum atomic E-state index is -4.64. The number of rotatable bonds is 2. The molecule has 0 atom stereocenters. The zero-order valence-corrected chi connectivity index (χ0v) is 11.2. The molecule has 2 N–H and O–H groups in total. The maximum atomic E-state index is 12.8. The van der Waals surface area contributed by atoms with Gasteiger partial charge in [-0.05, 0) is 36.4 Å². The van der Waals surface area contributed by atoms with Gasteiger partial charge < -0.3 is 10.5 Å². The highest BCUT2D eigenvalue weighted by atomic mass is 35.5. The predicted molar refractivity (Wildman–Crippen MR) is 72.1 cm³/mol. The minimum absolute atomic E-state index is 0.0759. The maximum Gasteiger partial charge on any atom is 0.417 e. The van der Waals surface area contributed by atoms with Crippen LogP contribution in [0.3, 0.4) is 0 Å². The first-order valence-corrected chi connectivity index (χ1v) is 6.03. The van der Waals surface area contributed by atoms with Gasteiger partial charge in [0.2, 0.25) is 0 Å². The number of alkyl halides is 3. The van der Waals surface area contributed by atoms with Crippen molar-refractivity contribution in [3.05, 3.63) is 52.5 Å². The fourth-order valence-corrected chi connectivity index (χ4v) is 1.87. The van der Waals surface area contributed by atoms with Gasteiger partial charge in [0.05, 0.1) is 22.2 Å². The van der Waals surface area contributed by atoms with Gasteiger partial charge >= 0.3 is 6.18 Å². The van der Waals surface area contributed by atoms with Gasteiger partial charge in [-0.15, -0.1) is 0 Å². The van der Waals surface area contributed by atoms with E-state index in [1.807, 2.05) is 0 Å². The zero-order chi connectivity index (χ0) is 15.6. The smallest absolute Gasteiger partial charge is 0.417 e. The zero-order valence-electron chi connectivity index (χ0n) is 10.4. The summed E-state index contributed by atoms with van der Waals surface area (Å²) in [6.45, 7) is 0. The number of nitrogens with zero attached hydrogens (tertiary/aromatic N) is 1. The average Bonchev–Trinajstić information content (AvgIpc) is 2.41. The molecule has 0 saturated heterocycles. The summed E-state index contributed by atoms with van der Waals surface area (Å²) in [6.07, 6.45) is -4.64. The van der Waals surface area contributed by atoms with E-state index in [1.54, 1.807) is 0 Å². The number of hydrogen-bond donors (Lipinski definition) is 1. The summed E-state index contributed by atoms with van der Waals surface area (Å²) in [5.41, 5.74) is 4.39. The van der Waals surface area contributed by atoms with Crippen LogP contribution in [0.4, 0.5) is 18.9 Å². The Kier molecular flexibility index (Phi) is 3.96. The second kappa shape index (κ2) is 5.54. The highest BCUT2D eigenvalue weighted by Crippen LogP contribution is 2.36. The van der Waals surface area contributed by atoms with Gasteiger partial charge in [-0.25, -0.2) is 0 Å². The van der Waals surface area contributed by atoms with E-state index < -0.39 is 17.3 Å². The van der Waals surface area contributed by atoms with Crippen molar-refractivity contribution < 1.29 is 17.9 Å². The largest absolute Gasteiger partial charge is 0.456 e. The molecular weight excluding hydrogens is 305 g/mol. The summed E-state index contributed by atoms with van der Waals surface area (Å²) in [7, 11) is 0. The molecule has 0 radical (unpaired) electrons. The third-order valence-electron chi connectivity index (χ3n) is 2.60. The van der Waals surface area contributed by atoms with Gasteiger partial charge in [-0.3, -0.25) is 0 Å². The highest BCUT2D eigenvalue weighted by molar-refractivity contribution is 6.32. The molecule has 7 heteroatoms. The fourth-order valence-electron chi connectivity index (χ4n) is 1.65. The van der Waals surface area contributed by atoms with Crippen LogP contribution in [0.5, 0.6) is 11.5 Å². The molecule has 2 aromatic rings. The van der Waals surface area contributed by atoms with Crippen molar-refractivity contribution in [1.29, 1.82) is 5.26 Å². The van der Waals surface area contributed by atoms with E-state index in [0.29, 0.717) is 5.69 Å². The van der Waals surface area contributed by atoms with Gasteiger partial charge in [0.15, 0.2) is 0 Å². The lowest BCUT2D eigenvalue weighted by atomic mass is 10.1. The van der Waals surface area contributed by atoms with E-state index in [2.05, 4.69) is 0 Å². The third-order valence-corrected chi connectivity index (χ3v) is 2.90. The Labute approximate surface area is 123 Å². The summed E-state index contributed by atoms with van der Waals surface area (Å²) >= 11 is 5.89. The average molecular weight is 313 g/mol. The summed E-state index contributed by atoms with van der Waals surface area (Å²) in [5, 5.41) is 8.89. The van der Waals surface area contributed by atoms with Gasteiger partial charge in [0, 0.05) is 5.69 Å². The molecule has 0 spiro atoms. The predicted octanol–water partition coefficient (Wildman–Crippen LogP) is 4.60. The van der Waals surface area contributed by atoms with Gasteiger partial charge in [-0.1, -0.05) is 11.6 Å². The first-order valence-electron chi connectivity index (χ1n) is 5.65. The first-order chi connectivity index (χ1) is 9.81. The van der Waals surface area contributed by atoms with Crippen molar-refractivity contribution in [3.8, 4) is 17.6 Å². The number of nitriles is 1. The van der Waals surface area contributed by atoms with Crippen LogP contribution in [0.25, 0.3) is 0 Å². The van der Waals surface area contributed by atoms with Crippen LogP contribution in [0.15, 0.2) is 36.4 Å². The Morgan fingerprint density at radius 1 is 1.14 bits per heavy atom. The van der Waals surface area contributed by atoms with E-state index in [4.69, 9.17) is 27.3 Å². The van der Waals surface area contributed by atoms with Crippen LogP contribution in [-0.2, 0) is 6.18 Å². The van der Waals surface area contributed by atoms with Crippen LogP contribution in [0.1, 0.15) is 11.1 Å². The van der Waals surface area contributed by atoms with Crippen LogP contribution in [0.2, 0.25) is 5.02 Å². The molecule has 0 aliphatic carbocycles. The minimum Gasteiger partial charge on any atom is -0.456 e. The summed E-state index contributed by atoms with van der Waals surface area (Å²) in [5.74, 6) is 0.0942. The Bertz CT molecular complexity index is 723. The van der Waals surface area contributed by atoms with Crippen LogP contribution in [-0.4, -0.2) is 0 Å². The lowest BCUT2D eigenvalue weighted by Crippen LogP contribution is -2.07. The van der Waals surface area contributed by atoms with Gasteiger partial charge in [-0.2, -0.15) is 18.4 Å². The van der Waals surface area contributed by atoms with E-state index >= 15 is 0 Å². The first kappa shape index (κ1) is 15.0. The topological polar surface area (TPSA) is 59.0 Å². The van der Waals surface area contributed by atoms with E-state index in [0.717, 1.165) is 12.1 Å². The molecule has 0 saturated carbocycles. The quantitative estimate of drug-likeness (QED) is 0.824. The summed E-state index contributed by atoms with van der Waals surface area (Å²) in [4.78, 5) is 0. The van der Waals surface area contributed by atoms with Crippen LogP contribution < -0.4 is 10.5 Å². The van der Waals surface area contributed by atoms with E-state index in [1.165, 1.54) is 30.3 Å². The molecule has 0 bridgehead atoms. The molecule has 108 valence electrons. The molecule has 0 heterocycles. The molecule has 0 fully saturated rings. The highest BCUT2D eigenvalue weighted by Gasteiger charge is 2.34. The molecule has 0 aliphatic rings. The number of benzene rings is 2. The van der Waals surface area contributed by atoms with Crippen LogP contribution in [0, 0.1) is 11.3 Å². The van der Waals surface area contributed by atoms with E-state index in [-0.39, 0.29) is 16.5 Å². The molecule has 3 nitrogen and oxygen atoms in total. The molecule has 21 heavy (non-hydrogen) atoms. The third kappa shape index (κ3) is 3.38. The Balaban J connectivity index is 2.40. The van der Waals surface area contributed by atoms with Crippen molar-refractivity contribution >= 4 is 17.3 Å².